The second kappa shape index (κ2) is 8.88. The Labute approximate surface area is 153 Å². The number of carbonyl (C=O) groups excluding carboxylic acids is 1. The average Bonchev–Trinajstić information content (AvgIpc) is 2.66. The Morgan fingerprint density at radius 1 is 1.08 bits per heavy atom. The van der Waals surface area contributed by atoms with Gasteiger partial charge in [0.05, 0.1) is 23.8 Å². The zero-order chi connectivity index (χ0) is 17.5. The Balaban J connectivity index is 1.43. The minimum absolute atomic E-state index is 0.117. The van der Waals surface area contributed by atoms with E-state index in [-0.39, 0.29) is 5.91 Å². The number of amides is 1. The number of hydrogen-bond donors (Lipinski definition) is 1. The first kappa shape index (κ1) is 17.8. The van der Waals surface area contributed by atoms with E-state index in [0.717, 1.165) is 39.1 Å². The Bertz CT molecular complexity index is 697. The van der Waals surface area contributed by atoms with Crippen LogP contribution in [-0.4, -0.2) is 38.8 Å². The summed E-state index contributed by atoms with van der Waals surface area (Å²) in [6.07, 6.45) is 1.83. The van der Waals surface area contributed by atoms with Gasteiger partial charge in [-0.25, -0.2) is 0 Å². The first-order chi connectivity index (χ1) is 12.2. The van der Waals surface area contributed by atoms with Crippen LogP contribution in [0.4, 0.5) is 5.69 Å². The van der Waals surface area contributed by atoms with E-state index in [0.29, 0.717) is 17.1 Å². The van der Waals surface area contributed by atoms with Gasteiger partial charge in [0.2, 0.25) is 0 Å². The van der Waals surface area contributed by atoms with E-state index in [4.69, 9.17) is 16.3 Å². The van der Waals surface area contributed by atoms with Crippen molar-refractivity contribution in [2.24, 2.45) is 0 Å². The molecule has 1 aliphatic rings. The lowest BCUT2D eigenvalue weighted by molar-refractivity contribution is 0.0953. The monoisotopic (exact) mass is 358 g/mol. The third-order valence-corrected chi connectivity index (χ3v) is 4.69. The first-order valence-electron chi connectivity index (χ1n) is 8.68. The Morgan fingerprint density at radius 3 is 2.52 bits per heavy atom. The lowest BCUT2D eigenvalue weighted by Gasteiger charge is -2.28. The number of nitrogens with one attached hydrogen (secondary N) is 1. The van der Waals surface area contributed by atoms with Gasteiger partial charge in [-0.3, -0.25) is 4.79 Å². The number of rotatable bonds is 6. The maximum atomic E-state index is 12.1. The lowest BCUT2D eigenvalue weighted by atomic mass is 10.1. The summed E-state index contributed by atoms with van der Waals surface area (Å²) in [6, 6.07) is 15.8. The van der Waals surface area contributed by atoms with Crippen molar-refractivity contribution in [3.8, 4) is 0 Å². The highest BCUT2D eigenvalue weighted by Crippen LogP contribution is 2.17. The van der Waals surface area contributed by atoms with Gasteiger partial charge in [-0.15, -0.1) is 0 Å². The topological polar surface area (TPSA) is 41.6 Å². The van der Waals surface area contributed by atoms with Crippen LogP contribution in [0.1, 0.15) is 22.3 Å². The third kappa shape index (κ3) is 4.97. The largest absolute Gasteiger partial charge is 0.378 e. The van der Waals surface area contributed by atoms with Gasteiger partial charge in [-0.2, -0.15) is 0 Å². The molecule has 3 rings (SSSR count). The van der Waals surface area contributed by atoms with E-state index in [1.807, 2.05) is 12.1 Å². The van der Waals surface area contributed by atoms with E-state index in [9.17, 15) is 4.79 Å². The number of aryl methyl sites for hydroxylation is 1. The number of morpholine rings is 1. The van der Waals surface area contributed by atoms with Crippen LogP contribution in [0.15, 0.2) is 48.5 Å². The second-order valence-electron chi connectivity index (χ2n) is 6.11. The highest BCUT2D eigenvalue weighted by molar-refractivity contribution is 6.33. The first-order valence-corrected chi connectivity index (χ1v) is 9.06. The van der Waals surface area contributed by atoms with Gasteiger partial charge in [0.25, 0.3) is 5.91 Å². The van der Waals surface area contributed by atoms with Gasteiger partial charge in [-0.05, 0) is 42.7 Å². The molecule has 0 aromatic heterocycles. The molecule has 0 unspecified atom stereocenters. The fraction of sp³-hybridized carbons (Fsp3) is 0.350. The van der Waals surface area contributed by atoms with Gasteiger partial charge in [0, 0.05) is 25.3 Å². The predicted octanol–water partition coefficient (Wildman–Crippen LogP) is 3.54. The van der Waals surface area contributed by atoms with Crippen LogP contribution in [0, 0.1) is 0 Å². The van der Waals surface area contributed by atoms with Gasteiger partial charge >= 0.3 is 0 Å². The maximum absolute atomic E-state index is 12.1. The smallest absolute Gasteiger partial charge is 0.252 e. The Kier molecular flexibility index (Phi) is 6.31. The fourth-order valence-corrected chi connectivity index (χ4v) is 3.15. The van der Waals surface area contributed by atoms with Crippen molar-refractivity contribution < 1.29 is 9.53 Å². The fourth-order valence-electron chi connectivity index (χ4n) is 2.93. The van der Waals surface area contributed by atoms with E-state index < -0.39 is 0 Å². The standard InChI is InChI=1S/C20H23ClN2O2/c21-19-6-2-1-5-18(19)20(24)22-11-3-4-16-7-9-17(10-8-16)23-12-14-25-15-13-23/h1-2,5-10H,3-4,11-15H2,(H,22,24). The van der Waals surface area contributed by atoms with Crippen LogP contribution in [-0.2, 0) is 11.2 Å². The number of carbonyl (C=O) groups is 1. The number of anilines is 1. The molecule has 0 spiro atoms. The molecule has 5 heteroatoms. The highest BCUT2D eigenvalue weighted by Gasteiger charge is 2.11. The van der Waals surface area contributed by atoms with E-state index in [1.165, 1.54) is 11.3 Å². The minimum Gasteiger partial charge on any atom is -0.378 e. The normalized spacial score (nSPS) is 14.4. The molecule has 1 aliphatic heterocycles. The molecule has 0 bridgehead atoms. The van der Waals surface area contributed by atoms with Gasteiger partial charge in [0.15, 0.2) is 0 Å². The number of ether oxygens (including phenoxy) is 1. The number of nitrogens with zero attached hydrogens (tertiary/aromatic N) is 1. The third-order valence-electron chi connectivity index (χ3n) is 4.36. The van der Waals surface area contributed by atoms with Crippen LogP contribution in [0.2, 0.25) is 5.02 Å². The molecule has 0 radical (unpaired) electrons. The van der Waals surface area contributed by atoms with Crippen molar-refractivity contribution in [3.05, 3.63) is 64.7 Å². The molecular formula is C20H23ClN2O2. The van der Waals surface area contributed by atoms with Crippen LogP contribution < -0.4 is 10.2 Å². The van der Waals surface area contributed by atoms with Crippen molar-refractivity contribution in [2.45, 2.75) is 12.8 Å². The van der Waals surface area contributed by atoms with Crippen molar-refractivity contribution >= 4 is 23.2 Å². The predicted molar refractivity (Wildman–Crippen MR) is 102 cm³/mol. The number of halogens is 1. The van der Waals surface area contributed by atoms with Gasteiger partial charge in [-0.1, -0.05) is 35.9 Å². The summed E-state index contributed by atoms with van der Waals surface area (Å²) in [4.78, 5) is 14.4. The molecule has 25 heavy (non-hydrogen) atoms. The summed E-state index contributed by atoms with van der Waals surface area (Å²) in [5, 5.41) is 3.41. The van der Waals surface area contributed by atoms with E-state index in [2.05, 4.69) is 34.5 Å². The summed E-state index contributed by atoms with van der Waals surface area (Å²) in [6.45, 7) is 4.13. The quantitative estimate of drug-likeness (QED) is 0.803. The summed E-state index contributed by atoms with van der Waals surface area (Å²) in [7, 11) is 0. The molecule has 1 N–H and O–H groups in total. The van der Waals surface area contributed by atoms with Crippen molar-refractivity contribution in [1.29, 1.82) is 0 Å². The lowest BCUT2D eigenvalue weighted by Crippen LogP contribution is -2.36. The van der Waals surface area contributed by atoms with Crippen molar-refractivity contribution in [2.75, 3.05) is 37.7 Å². The molecule has 2 aromatic rings. The van der Waals surface area contributed by atoms with Gasteiger partial charge in [0.1, 0.15) is 0 Å². The number of benzene rings is 2. The molecule has 0 saturated carbocycles. The molecule has 2 aromatic carbocycles. The van der Waals surface area contributed by atoms with Crippen molar-refractivity contribution in [3.63, 3.8) is 0 Å². The highest BCUT2D eigenvalue weighted by atomic mass is 35.5. The summed E-state index contributed by atoms with van der Waals surface area (Å²) in [5.74, 6) is -0.117. The molecular weight excluding hydrogens is 336 g/mol. The SMILES string of the molecule is O=C(NCCCc1ccc(N2CCOCC2)cc1)c1ccccc1Cl. The molecule has 0 atom stereocenters. The molecule has 4 nitrogen and oxygen atoms in total. The second-order valence-corrected chi connectivity index (χ2v) is 6.51. The average molecular weight is 359 g/mol. The summed E-state index contributed by atoms with van der Waals surface area (Å²) >= 11 is 6.03. The van der Waals surface area contributed by atoms with Crippen LogP contribution >= 0.6 is 11.6 Å². The van der Waals surface area contributed by atoms with Crippen LogP contribution in [0.3, 0.4) is 0 Å². The molecule has 1 fully saturated rings. The molecule has 0 aliphatic carbocycles. The van der Waals surface area contributed by atoms with Crippen LogP contribution in [0.25, 0.3) is 0 Å². The molecule has 1 amide bonds. The maximum Gasteiger partial charge on any atom is 0.252 e. The number of hydrogen-bond acceptors (Lipinski definition) is 3. The molecule has 1 heterocycles. The Morgan fingerprint density at radius 2 is 1.80 bits per heavy atom. The summed E-state index contributed by atoms with van der Waals surface area (Å²) in [5.41, 5.74) is 3.06. The Hall–Kier alpha value is -2.04. The zero-order valence-electron chi connectivity index (χ0n) is 14.2. The van der Waals surface area contributed by atoms with Crippen LogP contribution in [0.5, 0.6) is 0 Å². The molecule has 132 valence electrons. The van der Waals surface area contributed by atoms with E-state index in [1.54, 1.807) is 12.1 Å². The minimum atomic E-state index is -0.117. The zero-order valence-corrected chi connectivity index (χ0v) is 15.0. The molecule has 1 saturated heterocycles. The summed E-state index contributed by atoms with van der Waals surface area (Å²) < 4.78 is 5.38. The van der Waals surface area contributed by atoms with Crippen molar-refractivity contribution in [1.82, 2.24) is 5.32 Å². The van der Waals surface area contributed by atoms with E-state index >= 15 is 0 Å². The van der Waals surface area contributed by atoms with Gasteiger partial charge < -0.3 is 15.0 Å².